The molecule has 2 bridgehead atoms. The van der Waals surface area contributed by atoms with Gasteiger partial charge in [-0.25, -0.2) is 0 Å². The van der Waals surface area contributed by atoms with Crippen LogP contribution in [0.4, 0.5) is 0 Å². The second-order valence-electron chi connectivity index (χ2n) is 10.4. The van der Waals surface area contributed by atoms with Crippen LogP contribution in [-0.2, 0) is 0 Å². The minimum Gasteiger partial charge on any atom is -0.393 e. The predicted molar refractivity (Wildman–Crippen MR) is 88.4 cm³/mol. The monoisotopic (exact) mass is 306 g/mol. The standard InChI is InChI=1S/C20H34O2/c1-17(2)14-6-10-20-9-5-13(19(4,22)12-20)11-15(20)18(14,3)8-7-16(17)21/h13-16,21-22H,5-12H2,1-4H3/t13-,14?,15?,16+,18+,19-,20+/m0/s1. The van der Waals surface area contributed by atoms with Crippen LogP contribution in [0, 0.1) is 34.0 Å². The van der Waals surface area contributed by atoms with Crippen LogP contribution < -0.4 is 0 Å². The molecule has 5 saturated carbocycles. The van der Waals surface area contributed by atoms with Crippen LogP contribution >= 0.6 is 0 Å². The maximum Gasteiger partial charge on any atom is 0.0653 e. The molecule has 5 aliphatic rings. The van der Waals surface area contributed by atoms with E-state index in [0.29, 0.717) is 22.7 Å². The van der Waals surface area contributed by atoms with Gasteiger partial charge in [-0.3, -0.25) is 0 Å². The van der Waals surface area contributed by atoms with Gasteiger partial charge in [-0.05, 0) is 92.3 Å². The normalized spacial score (nSPS) is 59.7. The van der Waals surface area contributed by atoms with Crippen molar-refractivity contribution < 1.29 is 10.2 Å². The first-order valence-electron chi connectivity index (χ1n) is 9.52. The fraction of sp³-hybridized carbons (Fsp3) is 1.00. The lowest BCUT2D eigenvalue weighted by atomic mass is 9.35. The SMILES string of the molecule is CC1(C)C2CC[C@@]34CC[C@@H](CC3[C@]2(C)CC[C@H]1O)[C@@](C)(O)C4. The quantitative estimate of drug-likeness (QED) is 0.706. The van der Waals surface area contributed by atoms with Gasteiger partial charge in [0.2, 0.25) is 0 Å². The first kappa shape index (κ1) is 15.4. The Balaban J connectivity index is 1.73. The van der Waals surface area contributed by atoms with Crippen molar-refractivity contribution in [1.29, 1.82) is 0 Å². The molecular weight excluding hydrogens is 272 g/mol. The first-order valence-corrected chi connectivity index (χ1v) is 9.52. The van der Waals surface area contributed by atoms with E-state index in [9.17, 15) is 10.2 Å². The van der Waals surface area contributed by atoms with E-state index in [2.05, 4.69) is 27.7 Å². The Hall–Kier alpha value is -0.0800. The molecule has 2 heteroatoms. The van der Waals surface area contributed by atoms with Gasteiger partial charge in [0.15, 0.2) is 0 Å². The van der Waals surface area contributed by atoms with Crippen molar-refractivity contribution >= 4 is 0 Å². The van der Waals surface area contributed by atoms with Crippen molar-refractivity contribution in [1.82, 2.24) is 0 Å². The largest absolute Gasteiger partial charge is 0.393 e. The zero-order valence-electron chi connectivity index (χ0n) is 14.9. The summed E-state index contributed by atoms with van der Waals surface area (Å²) in [5.41, 5.74) is 0.382. The fourth-order valence-corrected chi connectivity index (χ4v) is 7.90. The average Bonchev–Trinajstić information content (AvgIpc) is 2.42. The van der Waals surface area contributed by atoms with Gasteiger partial charge >= 0.3 is 0 Å². The lowest BCUT2D eigenvalue weighted by Crippen LogP contribution is -2.65. The third kappa shape index (κ3) is 1.75. The molecule has 0 radical (unpaired) electrons. The number of aliphatic hydroxyl groups is 2. The Bertz CT molecular complexity index is 482. The summed E-state index contributed by atoms with van der Waals surface area (Å²) >= 11 is 0. The summed E-state index contributed by atoms with van der Waals surface area (Å²) in [6.45, 7) is 9.23. The summed E-state index contributed by atoms with van der Waals surface area (Å²) in [7, 11) is 0. The molecule has 5 rings (SSSR count). The summed E-state index contributed by atoms with van der Waals surface area (Å²) in [5, 5.41) is 21.4. The third-order valence-corrected chi connectivity index (χ3v) is 9.08. The molecule has 0 aromatic carbocycles. The van der Waals surface area contributed by atoms with Gasteiger partial charge in [0.1, 0.15) is 0 Å². The molecule has 0 aromatic rings. The number of hydrogen-bond donors (Lipinski definition) is 2. The molecule has 22 heavy (non-hydrogen) atoms. The van der Waals surface area contributed by atoms with Crippen molar-refractivity contribution in [3.63, 3.8) is 0 Å². The average molecular weight is 306 g/mol. The number of aliphatic hydroxyl groups excluding tert-OH is 1. The molecule has 1 spiro atoms. The highest BCUT2D eigenvalue weighted by Crippen LogP contribution is 2.72. The van der Waals surface area contributed by atoms with Gasteiger partial charge in [0.05, 0.1) is 11.7 Å². The molecule has 126 valence electrons. The molecule has 0 heterocycles. The third-order valence-electron chi connectivity index (χ3n) is 9.08. The van der Waals surface area contributed by atoms with E-state index in [1.165, 1.54) is 38.5 Å². The molecule has 2 unspecified atom stereocenters. The molecule has 2 N–H and O–H groups in total. The highest BCUT2D eigenvalue weighted by atomic mass is 16.3. The number of fused-ring (bicyclic) bond motifs is 3. The van der Waals surface area contributed by atoms with Crippen LogP contribution in [-0.4, -0.2) is 21.9 Å². The van der Waals surface area contributed by atoms with Crippen molar-refractivity contribution in [3.05, 3.63) is 0 Å². The van der Waals surface area contributed by atoms with E-state index in [1.54, 1.807) is 0 Å². The van der Waals surface area contributed by atoms with Crippen molar-refractivity contribution in [2.24, 2.45) is 34.0 Å². The van der Waals surface area contributed by atoms with Gasteiger partial charge in [0.25, 0.3) is 0 Å². The van der Waals surface area contributed by atoms with Crippen LogP contribution in [0.2, 0.25) is 0 Å². The summed E-state index contributed by atoms with van der Waals surface area (Å²) in [6, 6.07) is 0. The summed E-state index contributed by atoms with van der Waals surface area (Å²) in [4.78, 5) is 0. The van der Waals surface area contributed by atoms with Gasteiger partial charge in [0, 0.05) is 0 Å². The highest BCUT2D eigenvalue weighted by molar-refractivity contribution is 5.16. The van der Waals surface area contributed by atoms with E-state index in [-0.39, 0.29) is 11.5 Å². The van der Waals surface area contributed by atoms with Gasteiger partial charge in [-0.2, -0.15) is 0 Å². The molecule has 5 aliphatic carbocycles. The van der Waals surface area contributed by atoms with Crippen LogP contribution in [0.1, 0.15) is 79.1 Å². The van der Waals surface area contributed by atoms with Crippen LogP contribution in [0.5, 0.6) is 0 Å². The molecule has 2 nitrogen and oxygen atoms in total. The Kier molecular flexibility index (Phi) is 3.02. The summed E-state index contributed by atoms with van der Waals surface area (Å²) < 4.78 is 0. The molecular formula is C20H34O2. The summed E-state index contributed by atoms with van der Waals surface area (Å²) in [5.74, 6) is 1.91. The molecule has 0 saturated heterocycles. The minimum atomic E-state index is -0.429. The number of hydrogen-bond acceptors (Lipinski definition) is 2. The topological polar surface area (TPSA) is 40.5 Å². The zero-order chi connectivity index (χ0) is 16.0. The molecule has 0 aromatic heterocycles. The smallest absolute Gasteiger partial charge is 0.0653 e. The maximum absolute atomic E-state index is 10.9. The van der Waals surface area contributed by atoms with E-state index in [4.69, 9.17) is 0 Å². The predicted octanol–water partition coefficient (Wildman–Crippen LogP) is 4.14. The molecule has 5 fully saturated rings. The fourth-order valence-electron chi connectivity index (χ4n) is 7.90. The lowest BCUT2D eigenvalue weighted by Gasteiger charge is -2.70. The van der Waals surface area contributed by atoms with E-state index in [0.717, 1.165) is 18.8 Å². The zero-order valence-corrected chi connectivity index (χ0v) is 14.9. The van der Waals surface area contributed by atoms with Crippen molar-refractivity contribution in [2.75, 3.05) is 0 Å². The minimum absolute atomic E-state index is 0.0494. The van der Waals surface area contributed by atoms with Crippen LogP contribution in [0.25, 0.3) is 0 Å². The van der Waals surface area contributed by atoms with Crippen LogP contribution in [0.3, 0.4) is 0 Å². The molecule has 0 amide bonds. The Morgan fingerprint density at radius 2 is 1.55 bits per heavy atom. The molecule has 7 atom stereocenters. The van der Waals surface area contributed by atoms with E-state index < -0.39 is 5.60 Å². The molecule has 0 aliphatic heterocycles. The Labute approximate surface area is 135 Å². The van der Waals surface area contributed by atoms with Gasteiger partial charge in [-0.15, -0.1) is 0 Å². The van der Waals surface area contributed by atoms with Gasteiger partial charge < -0.3 is 10.2 Å². The van der Waals surface area contributed by atoms with Crippen molar-refractivity contribution in [3.8, 4) is 0 Å². The van der Waals surface area contributed by atoms with Gasteiger partial charge in [-0.1, -0.05) is 20.8 Å². The highest BCUT2D eigenvalue weighted by Gasteiger charge is 2.66. The number of rotatable bonds is 0. The second kappa shape index (κ2) is 4.30. The van der Waals surface area contributed by atoms with Crippen LogP contribution in [0.15, 0.2) is 0 Å². The maximum atomic E-state index is 10.9. The summed E-state index contributed by atoms with van der Waals surface area (Å²) in [6.07, 6.45) is 9.36. The van der Waals surface area contributed by atoms with Crippen molar-refractivity contribution in [2.45, 2.75) is 90.8 Å². The second-order valence-corrected chi connectivity index (χ2v) is 10.4. The van der Waals surface area contributed by atoms with E-state index >= 15 is 0 Å². The first-order chi connectivity index (χ1) is 10.1. The lowest BCUT2D eigenvalue weighted by molar-refractivity contribution is -0.242. The van der Waals surface area contributed by atoms with E-state index in [1.807, 2.05) is 0 Å². The Morgan fingerprint density at radius 3 is 2.23 bits per heavy atom. The Morgan fingerprint density at radius 1 is 0.864 bits per heavy atom.